The van der Waals surface area contributed by atoms with Gasteiger partial charge in [0, 0.05) is 0 Å². The van der Waals surface area contributed by atoms with Gasteiger partial charge in [-0.2, -0.15) is 0 Å². The van der Waals surface area contributed by atoms with Gasteiger partial charge in [0.25, 0.3) is 0 Å². The minimum absolute atomic E-state index is 0.285. The lowest BCUT2D eigenvalue weighted by Crippen LogP contribution is -2.52. The van der Waals surface area contributed by atoms with Crippen LogP contribution in [-0.2, 0) is 25.6 Å². The van der Waals surface area contributed by atoms with Crippen LogP contribution in [0.2, 0.25) is 0 Å². The van der Waals surface area contributed by atoms with E-state index in [1.54, 1.807) is 21.0 Å². The lowest BCUT2D eigenvalue weighted by molar-refractivity contribution is -0.258. The van der Waals surface area contributed by atoms with Gasteiger partial charge in [0.05, 0.1) is 26.9 Å². The molecule has 3 unspecified atom stereocenters. The Morgan fingerprint density at radius 3 is 2.29 bits per heavy atom. The van der Waals surface area contributed by atoms with Gasteiger partial charge in [-0.05, 0) is 31.5 Å². The average Bonchev–Trinajstić information content (AvgIpc) is 3.02. The molecule has 0 aliphatic carbocycles. The summed E-state index contributed by atoms with van der Waals surface area (Å²) in [5.74, 6) is -0.0361. The molecular formula is C17H24O7. The first-order valence-corrected chi connectivity index (χ1v) is 7.93. The second-order valence-corrected chi connectivity index (χ2v) is 6.55. The number of methoxy groups -OCH3 is 1. The second kappa shape index (κ2) is 6.59. The summed E-state index contributed by atoms with van der Waals surface area (Å²) in [7, 11) is 1.61. The third-order valence-corrected chi connectivity index (χ3v) is 4.38. The number of aliphatic hydroxyl groups excluding tert-OH is 2. The Kier molecular flexibility index (Phi) is 4.83. The second-order valence-electron chi connectivity index (χ2n) is 6.55. The molecule has 0 aromatic heterocycles. The highest BCUT2D eigenvalue weighted by atomic mass is 16.8. The Hall–Kier alpha value is -1.22. The van der Waals surface area contributed by atoms with E-state index in [0.29, 0.717) is 0 Å². The van der Waals surface area contributed by atoms with Crippen LogP contribution in [0, 0.1) is 0 Å². The van der Waals surface area contributed by atoms with Crippen LogP contribution in [0.4, 0.5) is 0 Å². The van der Waals surface area contributed by atoms with Crippen LogP contribution in [0.15, 0.2) is 24.3 Å². The highest BCUT2D eigenvalue weighted by Crippen LogP contribution is 2.43. The van der Waals surface area contributed by atoms with E-state index in [2.05, 4.69) is 0 Å². The molecule has 0 radical (unpaired) electrons. The number of ether oxygens (including phenoxy) is 5. The standard InChI is InChI=1S/C17H24O7/c1-16(2)22-13-14(17(9-18,10-19)24-15(13)23-16)21-8-11-4-6-12(20-3)7-5-11/h4-7,13-15,18-19H,8-10H2,1-3H3. The van der Waals surface area contributed by atoms with Gasteiger partial charge in [-0.1, -0.05) is 12.1 Å². The fourth-order valence-corrected chi connectivity index (χ4v) is 3.11. The maximum atomic E-state index is 9.75. The third-order valence-electron chi connectivity index (χ3n) is 4.38. The lowest BCUT2D eigenvalue weighted by atomic mass is 9.97. The van der Waals surface area contributed by atoms with Gasteiger partial charge in [-0.15, -0.1) is 0 Å². The maximum absolute atomic E-state index is 9.75. The van der Waals surface area contributed by atoms with E-state index in [0.717, 1.165) is 11.3 Å². The van der Waals surface area contributed by atoms with Crippen LogP contribution in [0.25, 0.3) is 0 Å². The fraction of sp³-hybridized carbons (Fsp3) is 0.647. The third kappa shape index (κ3) is 3.15. The summed E-state index contributed by atoms with van der Waals surface area (Å²) in [6, 6.07) is 7.47. The van der Waals surface area contributed by atoms with Crippen LogP contribution >= 0.6 is 0 Å². The van der Waals surface area contributed by atoms with Crippen molar-refractivity contribution in [1.29, 1.82) is 0 Å². The summed E-state index contributed by atoms with van der Waals surface area (Å²) in [4.78, 5) is 0. The van der Waals surface area contributed by atoms with E-state index in [1.807, 2.05) is 24.3 Å². The summed E-state index contributed by atoms with van der Waals surface area (Å²) in [5, 5.41) is 19.5. The molecule has 0 amide bonds. The quantitative estimate of drug-likeness (QED) is 0.792. The molecule has 3 atom stereocenters. The molecule has 2 aliphatic rings. The van der Waals surface area contributed by atoms with E-state index in [4.69, 9.17) is 23.7 Å². The molecule has 2 N–H and O–H groups in total. The Morgan fingerprint density at radius 2 is 1.71 bits per heavy atom. The minimum Gasteiger partial charge on any atom is -0.497 e. The van der Waals surface area contributed by atoms with E-state index in [1.165, 1.54) is 0 Å². The zero-order valence-electron chi connectivity index (χ0n) is 14.1. The molecule has 0 bridgehead atoms. The molecule has 2 fully saturated rings. The van der Waals surface area contributed by atoms with Crippen molar-refractivity contribution in [3.8, 4) is 5.75 Å². The molecular weight excluding hydrogens is 316 g/mol. The fourth-order valence-electron chi connectivity index (χ4n) is 3.11. The summed E-state index contributed by atoms with van der Waals surface area (Å²) >= 11 is 0. The number of rotatable bonds is 6. The Balaban J connectivity index is 1.74. The van der Waals surface area contributed by atoms with E-state index >= 15 is 0 Å². The maximum Gasteiger partial charge on any atom is 0.190 e. The molecule has 2 heterocycles. The molecule has 3 rings (SSSR count). The van der Waals surface area contributed by atoms with Crippen molar-refractivity contribution >= 4 is 0 Å². The Morgan fingerprint density at radius 1 is 1.04 bits per heavy atom. The first-order chi connectivity index (χ1) is 11.4. The summed E-state index contributed by atoms with van der Waals surface area (Å²) in [6.07, 6.45) is -1.85. The molecule has 0 saturated carbocycles. The first kappa shape index (κ1) is 17.6. The number of aliphatic hydroxyl groups is 2. The molecule has 2 aliphatic heterocycles. The van der Waals surface area contributed by atoms with Crippen LogP contribution in [0.1, 0.15) is 19.4 Å². The van der Waals surface area contributed by atoms with Crippen molar-refractivity contribution in [1.82, 2.24) is 0 Å². The number of hydrogen-bond donors (Lipinski definition) is 2. The molecule has 7 heteroatoms. The predicted molar refractivity (Wildman–Crippen MR) is 83.4 cm³/mol. The summed E-state index contributed by atoms with van der Waals surface area (Å²) in [6.45, 7) is 3.07. The van der Waals surface area contributed by atoms with Gasteiger partial charge in [0.1, 0.15) is 23.6 Å². The molecule has 0 spiro atoms. The van der Waals surface area contributed by atoms with Gasteiger partial charge in [-0.3, -0.25) is 0 Å². The van der Waals surface area contributed by atoms with Crippen molar-refractivity contribution in [2.75, 3.05) is 20.3 Å². The molecule has 24 heavy (non-hydrogen) atoms. The Bertz CT molecular complexity index is 553. The zero-order valence-corrected chi connectivity index (χ0v) is 14.1. The average molecular weight is 340 g/mol. The highest BCUT2D eigenvalue weighted by Gasteiger charge is 2.62. The monoisotopic (exact) mass is 340 g/mol. The van der Waals surface area contributed by atoms with Crippen LogP contribution in [0.3, 0.4) is 0 Å². The molecule has 134 valence electrons. The van der Waals surface area contributed by atoms with Crippen molar-refractivity contribution in [2.45, 2.75) is 50.3 Å². The van der Waals surface area contributed by atoms with E-state index in [9.17, 15) is 10.2 Å². The van der Waals surface area contributed by atoms with Gasteiger partial charge in [-0.25, -0.2) is 0 Å². The van der Waals surface area contributed by atoms with Gasteiger partial charge >= 0.3 is 0 Å². The van der Waals surface area contributed by atoms with Gasteiger partial charge in [0.2, 0.25) is 0 Å². The van der Waals surface area contributed by atoms with Crippen LogP contribution < -0.4 is 4.74 Å². The zero-order chi connectivity index (χ0) is 17.4. The molecule has 1 aromatic carbocycles. The van der Waals surface area contributed by atoms with Gasteiger partial charge in [0.15, 0.2) is 12.1 Å². The number of benzene rings is 1. The molecule has 7 nitrogen and oxygen atoms in total. The molecule has 1 aromatic rings. The summed E-state index contributed by atoms with van der Waals surface area (Å²) < 4.78 is 28.4. The van der Waals surface area contributed by atoms with Gasteiger partial charge < -0.3 is 33.9 Å². The van der Waals surface area contributed by atoms with Crippen molar-refractivity contribution in [3.05, 3.63) is 29.8 Å². The van der Waals surface area contributed by atoms with E-state index in [-0.39, 0.29) is 6.61 Å². The van der Waals surface area contributed by atoms with Crippen molar-refractivity contribution in [3.63, 3.8) is 0 Å². The Labute approximate surface area is 141 Å². The van der Waals surface area contributed by atoms with Crippen molar-refractivity contribution < 1.29 is 33.9 Å². The first-order valence-electron chi connectivity index (χ1n) is 7.93. The van der Waals surface area contributed by atoms with Crippen LogP contribution in [0.5, 0.6) is 5.75 Å². The number of hydrogen-bond acceptors (Lipinski definition) is 7. The topological polar surface area (TPSA) is 86.6 Å². The van der Waals surface area contributed by atoms with Crippen LogP contribution in [-0.4, -0.2) is 60.4 Å². The molecule has 2 saturated heterocycles. The van der Waals surface area contributed by atoms with E-state index < -0.39 is 43.1 Å². The lowest BCUT2D eigenvalue weighted by Gasteiger charge is -2.33. The highest BCUT2D eigenvalue weighted by molar-refractivity contribution is 5.26. The summed E-state index contributed by atoms with van der Waals surface area (Å²) in [5.41, 5.74) is -0.319. The minimum atomic E-state index is -1.25. The predicted octanol–water partition coefficient (Wildman–Crippen LogP) is 0.812. The smallest absolute Gasteiger partial charge is 0.190 e. The van der Waals surface area contributed by atoms with Crippen molar-refractivity contribution in [2.24, 2.45) is 0 Å². The normalized spacial score (nSPS) is 30.3. The number of fused-ring (bicyclic) bond motifs is 1. The SMILES string of the molecule is COc1ccc(COC2C3OC(C)(C)OC3OC2(CO)CO)cc1. The largest absolute Gasteiger partial charge is 0.497 e.